The van der Waals surface area contributed by atoms with E-state index in [1.165, 1.54) is 0 Å². The Bertz CT molecular complexity index is 508. The number of hydrogen-bond acceptors (Lipinski definition) is 3. The number of rotatable bonds is 4. The summed E-state index contributed by atoms with van der Waals surface area (Å²) in [6.07, 6.45) is 1.64. The summed E-state index contributed by atoms with van der Waals surface area (Å²) in [6, 6.07) is 9.54. The number of aromatic nitrogens is 1. The Labute approximate surface area is 94.1 Å². The highest BCUT2D eigenvalue weighted by Gasteiger charge is 2.06. The van der Waals surface area contributed by atoms with Crippen molar-refractivity contribution in [1.29, 1.82) is 0 Å². The standard InChI is InChI=1S/C13H13NO2/c1-2-7-16-13-8-10-5-3-4-6-11(10)14-12(13)9-15/h3-6,8-9H,2,7H2,1H3. The molecular weight excluding hydrogens is 202 g/mol. The van der Waals surface area contributed by atoms with Gasteiger partial charge in [0, 0.05) is 5.39 Å². The zero-order valence-corrected chi connectivity index (χ0v) is 9.14. The van der Waals surface area contributed by atoms with Crippen LogP contribution in [0.15, 0.2) is 30.3 Å². The number of aldehydes is 1. The number of carbonyl (C=O) groups excluding carboxylic acids is 1. The van der Waals surface area contributed by atoms with E-state index in [2.05, 4.69) is 4.98 Å². The lowest BCUT2D eigenvalue weighted by Gasteiger charge is -2.07. The summed E-state index contributed by atoms with van der Waals surface area (Å²) < 4.78 is 5.49. The van der Waals surface area contributed by atoms with Crippen molar-refractivity contribution >= 4 is 17.2 Å². The van der Waals surface area contributed by atoms with E-state index in [1.807, 2.05) is 37.3 Å². The summed E-state index contributed by atoms with van der Waals surface area (Å²) in [4.78, 5) is 15.1. The molecule has 16 heavy (non-hydrogen) atoms. The van der Waals surface area contributed by atoms with Crippen LogP contribution < -0.4 is 4.74 Å². The number of carbonyl (C=O) groups is 1. The molecule has 0 bridgehead atoms. The van der Waals surface area contributed by atoms with E-state index in [-0.39, 0.29) is 0 Å². The smallest absolute Gasteiger partial charge is 0.172 e. The fourth-order valence-electron chi connectivity index (χ4n) is 1.52. The van der Waals surface area contributed by atoms with Gasteiger partial charge >= 0.3 is 0 Å². The highest BCUT2D eigenvalue weighted by atomic mass is 16.5. The molecule has 1 aromatic carbocycles. The van der Waals surface area contributed by atoms with Gasteiger partial charge in [-0.25, -0.2) is 4.98 Å². The molecule has 0 N–H and O–H groups in total. The second-order valence-corrected chi connectivity index (χ2v) is 3.53. The molecule has 82 valence electrons. The molecule has 0 radical (unpaired) electrons. The average Bonchev–Trinajstić information content (AvgIpc) is 2.35. The summed E-state index contributed by atoms with van der Waals surface area (Å²) in [6.45, 7) is 2.62. The lowest BCUT2D eigenvalue weighted by Crippen LogP contribution is -2.00. The van der Waals surface area contributed by atoms with Gasteiger partial charge in [0.2, 0.25) is 0 Å². The quantitative estimate of drug-likeness (QED) is 0.736. The van der Waals surface area contributed by atoms with Gasteiger partial charge < -0.3 is 4.74 Å². The maximum atomic E-state index is 10.9. The first-order valence-corrected chi connectivity index (χ1v) is 5.33. The van der Waals surface area contributed by atoms with Crippen molar-refractivity contribution in [2.24, 2.45) is 0 Å². The van der Waals surface area contributed by atoms with Crippen molar-refractivity contribution < 1.29 is 9.53 Å². The average molecular weight is 215 g/mol. The third kappa shape index (κ3) is 2.03. The van der Waals surface area contributed by atoms with Crippen molar-refractivity contribution in [3.63, 3.8) is 0 Å². The predicted octanol–water partition coefficient (Wildman–Crippen LogP) is 2.84. The SMILES string of the molecule is CCCOc1cc2ccccc2nc1C=O. The summed E-state index contributed by atoms with van der Waals surface area (Å²) >= 11 is 0. The van der Waals surface area contributed by atoms with E-state index in [9.17, 15) is 4.79 Å². The minimum absolute atomic E-state index is 0.368. The second kappa shape index (κ2) is 4.75. The molecule has 0 fully saturated rings. The van der Waals surface area contributed by atoms with Gasteiger partial charge in [0.25, 0.3) is 0 Å². The Kier molecular flexibility index (Phi) is 3.15. The number of benzene rings is 1. The maximum Gasteiger partial charge on any atom is 0.172 e. The first kappa shape index (κ1) is 10.6. The Hall–Kier alpha value is -1.90. The number of fused-ring (bicyclic) bond motifs is 1. The molecule has 0 saturated heterocycles. The Morgan fingerprint density at radius 2 is 2.19 bits per heavy atom. The first-order valence-electron chi connectivity index (χ1n) is 5.33. The van der Waals surface area contributed by atoms with Crippen LogP contribution in [-0.4, -0.2) is 17.9 Å². The molecule has 0 aliphatic carbocycles. The molecule has 0 saturated carbocycles. The van der Waals surface area contributed by atoms with Gasteiger partial charge in [-0.3, -0.25) is 4.79 Å². The summed E-state index contributed by atoms with van der Waals surface area (Å²) in [5.74, 6) is 0.565. The van der Waals surface area contributed by atoms with Gasteiger partial charge in [-0.1, -0.05) is 25.1 Å². The molecule has 0 aliphatic rings. The fourth-order valence-corrected chi connectivity index (χ4v) is 1.52. The summed E-state index contributed by atoms with van der Waals surface area (Å²) in [5, 5.41) is 0.985. The molecule has 1 heterocycles. The number of ether oxygens (including phenoxy) is 1. The first-order chi connectivity index (χ1) is 7.85. The molecule has 0 amide bonds. The lowest BCUT2D eigenvalue weighted by atomic mass is 10.2. The number of nitrogens with zero attached hydrogens (tertiary/aromatic N) is 1. The van der Waals surface area contributed by atoms with Gasteiger partial charge in [-0.2, -0.15) is 0 Å². The fraction of sp³-hybridized carbons (Fsp3) is 0.231. The third-order valence-corrected chi connectivity index (χ3v) is 2.29. The number of para-hydroxylation sites is 1. The van der Waals surface area contributed by atoms with Gasteiger partial charge in [0.1, 0.15) is 11.4 Å². The number of pyridine rings is 1. The minimum atomic E-state index is 0.368. The molecule has 0 aliphatic heterocycles. The van der Waals surface area contributed by atoms with Crippen LogP contribution in [0.2, 0.25) is 0 Å². The molecule has 0 unspecified atom stereocenters. The Morgan fingerprint density at radius 3 is 2.94 bits per heavy atom. The molecule has 3 nitrogen and oxygen atoms in total. The molecular formula is C13H13NO2. The monoisotopic (exact) mass is 215 g/mol. The van der Waals surface area contributed by atoms with Crippen molar-refractivity contribution in [3.8, 4) is 5.75 Å². The van der Waals surface area contributed by atoms with Crippen LogP contribution in [0.25, 0.3) is 10.9 Å². The predicted molar refractivity (Wildman–Crippen MR) is 62.9 cm³/mol. The molecule has 0 spiro atoms. The second-order valence-electron chi connectivity index (χ2n) is 3.53. The van der Waals surface area contributed by atoms with E-state index >= 15 is 0 Å². The highest BCUT2D eigenvalue weighted by Crippen LogP contribution is 2.21. The van der Waals surface area contributed by atoms with Crippen LogP contribution in [-0.2, 0) is 0 Å². The van der Waals surface area contributed by atoms with Gasteiger partial charge in [0.05, 0.1) is 12.1 Å². The van der Waals surface area contributed by atoms with E-state index in [1.54, 1.807) is 0 Å². The molecule has 1 aromatic heterocycles. The zero-order chi connectivity index (χ0) is 11.4. The molecule has 2 aromatic rings. The van der Waals surface area contributed by atoms with Crippen molar-refractivity contribution in [2.75, 3.05) is 6.61 Å². The van der Waals surface area contributed by atoms with Crippen LogP contribution >= 0.6 is 0 Å². The highest BCUT2D eigenvalue weighted by molar-refractivity contribution is 5.86. The van der Waals surface area contributed by atoms with Gasteiger partial charge in [0.15, 0.2) is 6.29 Å². The summed E-state index contributed by atoms with van der Waals surface area (Å²) in [7, 11) is 0. The van der Waals surface area contributed by atoms with E-state index in [0.29, 0.717) is 18.1 Å². The largest absolute Gasteiger partial charge is 0.491 e. The number of hydrogen-bond donors (Lipinski definition) is 0. The minimum Gasteiger partial charge on any atom is -0.491 e. The van der Waals surface area contributed by atoms with Crippen LogP contribution in [0.4, 0.5) is 0 Å². The van der Waals surface area contributed by atoms with E-state index in [0.717, 1.165) is 23.6 Å². The van der Waals surface area contributed by atoms with Gasteiger partial charge in [-0.05, 0) is 18.6 Å². The van der Waals surface area contributed by atoms with Crippen LogP contribution in [0.1, 0.15) is 23.8 Å². The normalized spacial score (nSPS) is 10.3. The van der Waals surface area contributed by atoms with E-state index in [4.69, 9.17) is 4.74 Å². The zero-order valence-electron chi connectivity index (χ0n) is 9.14. The van der Waals surface area contributed by atoms with E-state index < -0.39 is 0 Å². The van der Waals surface area contributed by atoms with Crippen LogP contribution in [0, 0.1) is 0 Å². The maximum absolute atomic E-state index is 10.9. The topological polar surface area (TPSA) is 39.2 Å². The van der Waals surface area contributed by atoms with Crippen LogP contribution in [0.3, 0.4) is 0 Å². The molecule has 0 atom stereocenters. The Morgan fingerprint density at radius 1 is 1.38 bits per heavy atom. The Balaban J connectivity index is 2.49. The van der Waals surface area contributed by atoms with Crippen molar-refractivity contribution in [2.45, 2.75) is 13.3 Å². The van der Waals surface area contributed by atoms with Gasteiger partial charge in [-0.15, -0.1) is 0 Å². The molecule has 2 rings (SSSR count). The van der Waals surface area contributed by atoms with Crippen LogP contribution in [0.5, 0.6) is 5.75 Å². The lowest BCUT2D eigenvalue weighted by molar-refractivity contribution is 0.111. The summed E-state index contributed by atoms with van der Waals surface area (Å²) in [5.41, 5.74) is 1.18. The van der Waals surface area contributed by atoms with Crippen molar-refractivity contribution in [3.05, 3.63) is 36.0 Å². The van der Waals surface area contributed by atoms with Crippen molar-refractivity contribution in [1.82, 2.24) is 4.98 Å². The third-order valence-electron chi connectivity index (χ3n) is 2.29. The molecule has 3 heteroatoms.